The number of rotatable bonds is 11. The standard InChI is InChI=1S/C20H34N4O2S/c1-2-21-20(24-14-8-15-26-17-9-4-3-5-10-17)23-13-7-12-22-19(25)18-11-6-16-27-18/h6,11,16-17H,2-5,7-10,12-15H2,1H3,(H,22,25)(H2,21,23,24). The van der Waals surface area contributed by atoms with Crippen LogP contribution in [0, 0.1) is 0 Å². The van der Waals surface area contributed by atoms with E-state index in [4.69, 9.17) is 4.74 Å². The van der Waals surface area contributed by atoms with Gasteiger partial charge in [-0.3, -0.25) is 9.79 Å². The third-order valence-electron chi connectivity index (χ3n) is 4.50. The highest BCUT2D eigenvalue weighted by Gasteiger charge is 2.13. The van der Waals surface area contributed by atoms with Gasteiger partial charge in [-0.15, -0.1) is 11.3 Å². The molecule has 0 bridgehead atoms. The number of nitrogens with one attached hydrogen (secondary N) is 3. The molecule has 1 amide bonds. The summed E-state index contributed by atoms with van der Waals surface area (Å²) in [6, 6.07) is 3.72. The number of hydrogen-bond donors (Lipinski definition) is 3. The predicted molar refractivity (Wildman–Crippen MR) is 113 cm³/mol. The van der Waals surface area contributed by atoms with Crippen molar-refractivity contribution in [3.63, 3.8) is 0 Å². The van der Waals surface area contributed by atoms with E-state index in [1.165, 1.54) is 43.4 Å². The van der Waals surface area contributed by atoms with Gasteiger partial charge in [-0.2, -0.15) is 0 Å². The second-order valence-corrected chi connectivity index (χ2v) is 7.71. The van der Waals surface area contributed by atoms with Gasteiger partial charge < -0.3 is 20.7 Å². The molecule has 1 saturated carbocycles. The minimum absolute atomic E-state index is 0.00280. The largest absolute Gasteiger partial charge is 0.378 e. The zero-order chi connectivity index (χ0) is 19.2. The van der Waals surface area contributed by atoms with Crippen LogP contribution < -0.4 is 16.0 Å². The average Bonchev–Trinajstić information content (AvgIpc) is 3.23. The lowest BCUT2D eigenvalue weighted by Crippen LogP contribution is -2.38. The van der Waals surface area contributed by atoms with Crippen molar-refractivity contribution in [3.8, 4) is 0 Å². The fraction of sp³-hybridized carbons (Fsp3) is 0.700. The number of ether oxygens (including phenoxy) is 1. The van der Waals surface area contributed by atoms with Crippen LogP contribution in [0.25, 0.3) is 0 Å². The van der Waals surface area contributed by atoms with Gasteiger partial charge in [-0.05, 0) is 44.1 Å². The monoisotopic (exact) mass is 394 g/mol. The fourth-order valence-corrected chi connectivity index (χ4v) is 3.71. The molecule has 0 spiro atoms. The number of thiophene rings is 1. The van der Waals surface area contributed by atoms with Crippen molar-refractivity contribution in [2.75, 3.05) is 32.8 Å². The van der Waals surface area contributed by atoms with Gasteiger partial charge in [-0.1, -0.05) is 25.3 Å². The summed E-state index contributed by atoms with van der Waals surface area (Å²) in [5.41, 5.74) is 0. The van der Waals surface area contributed by atoms with E-state index in [-0.39, 0.29) is 5.91 Å². The van der Waals surface area contributed by atoms with Crippen LogP contribution in [0.3, 0.4) is 0 Å². The molecule has 2 rings (SSSR count). The Morgan fingerprint density at radius 3 is 2.74 bits per heavy atom. The molecule has 0 atom stereocenters. The summed E-state index contributed by atoms with van der Waals surface area (Å²) in [6.45, 7) is 5.87. The summed E-state index contributed by atoms with van der Waals surface area (Å²) in [5, 5.41) is 11.4. The first-order chi connectivity index (χ1) is 13.3. The van der Waals surface area contributed by atoms with Crippen LogP contribution in [0.2, 0.25) is 0 Å². The Bertz CT molecular complexity index is 542. The smallest absolute Gasteiger partial charge is 0.261 e. The molecule has 1 heterocycles. The van der Waals surface area contributed by atoms with E-state index in [2.05, 4.69) is 27.9 Å². The van der Waals surface area contributed by atoms with Crippen molar-refractivity contribution in [2.45, 2.75) is 58.0 Å². The van der Waals surface area contributed by atoms with Gasteiger partial charge in [0.05, 0.1) is 11.0 Å². The maximum atomic E-state index is 11.8. The maximum absolute atomic E-state index is 11.8. The molecule has 0 saturated heterocycles. The van der Waals surface area contributed by atoms with Crippen molar-refractivity contribution in [1.29, 1.82) is 0 Å². The molecule has 0 radical (unpaired) electrons. The normalized spacial score (nSPS) is 15.5. The van der Waals surface area contributed by atoms with E-state index in [0.29, 0.717) is 19.2 Å². The van der Waals surface area contributed by atoms with E-state index in [0.717, 1.165) is 43.4 Å². The minimum atomic E-state index is -0.00280. The van der Waals surface area contributed by atoms with Crippen molar-refractivity contribution >= 4 is 23.2 Å². The van der Waals surface area contributed by atoms with Crippen LogP contribution in [0.15, 0.2) is 22.5 Å². The molecule has 27 heavy (non-hydrogen) atoms. The number of hydrogen-bond acceptors (Lipinski definition) is 4. The molecular weight excluding hydrogens is 360 g/mol. The Kier molecular flexibility index (Phi) is 10.9. The van der Waals surface area contributed by atoms with Crippen LogP contribution in [0.4, 0.5) is 0 Å². The Morgan fingerprint density at radius 2 is 2.00 bits per heavy atom. The highest BCUT2D eigenvalue weighted by molar-refractivity contribution is 7.12. The Hall–Kier alpha value is -1.60. The molecule has 1 fully saturated rings. The first-order valence-corrected chi connectivity index (χ1v) is 11.1. The molecule has 0 aromatic carbocycles. The van der Waals surface area contributed by atoms with Crippen LogP contribution in [-0.4, -0.2) is 50.8 Å². The van der Waals surface area contributed by atoms with Crippen LogP contribution in [0.5, 0.6) is 0 Å². The molecule has 6 nitrogen and oxygen atoms in total. The van der Waals surface area contributed by atoms with Crippen molar-refractivity contribution in [1.82, 2.24) is 16.0 Å². The Morgan fingerprint density at radius 1 is 1.19 bits per heavy atom. The molecule has 3 N–H and O–H groups in total. The van der Waals surface area contributed by atoms with Gasteiger partial charge in [0.1, 0.15) is 0 Å². The summed E-state index contributed by atoms with van der Waals surface area (Å²) in [4.78, 5) is 17.2. The lowest BCUT2D eigenvalue weighted by Gasteiger charge is -2.22. The third-order valence-corrected chi connectivity index (χ3v) is 5.37. The topological polar surface area (TPSA) is 74.8 Å². The summed E-state index contributed by atoms with van der Waals surface area (Å²) in [7, 11) is 0. The first-order valence-electron chi connectivity index (χ1n) is 10.2. The number of guanidine groups is 1. The predicted octanol–water partition coefficient (Wildman–Crippen LogP) is 3.16. The lowest BCUT2D eigenvalue weighted by atomic mass is 9.98. The number of carbonyl (C=O) groups excluding carboxylic acids is 1. The van der Waals surface area contributed by atoms with Crippen molar-refractivity contribution in [3.05, 3.63) is 22.4 Å². The van der Waals surface area contributed by atoms with E-state index < -0.39 is 0 Å². The van der Waals surface area contributed by atoms with Gasteiger partial charge in [0, 0.05) is 32.8 Å². The molecule has 1 aliphatic rings. The highest BCUT2D eigenvalue weighted by atomic mass is 32.1. The van der Waals surface area contributed by atoms with Crippen molar-refractivity contribution < 1.29 is 9.53 Å². The van der Waals surface area contributed by atoms with Gasteiger partial charge in [-0.25, -0.2) is 0 Å². The lowest BCUT2D eigenvalue weighted by molar-refractivity contribution is 0.0277. The van der Waals surface area contributed by atoms with Crippen LogP contribution in [0.1, 0.15) is 61.5 Å². The Balaban J connectivity index is 1.54. The zero-order valence-electron chi connectivity index (χ0n) is 16.5. The SMILES string of the molecule is CCNC(=NCCCNC(=O)c1cccs1)NCCCOC1CCCCC1. The summed E-state index contributed by atoms with van der Waals surface area (Å²) >= 11 is 1.46. The third kappa shape index (κ3) is 9.24. The second-order valence-electron chi connectivity index (χ2n) is 6.76. The second kappa shape index (κ2) is 13.6. The van der Waals surface area contributed by atoms with Crippen LogP contribution >= 0.6 is 11.3 Å². The minimum Gasteiger partial charge on any atom is -0.378 e. The summed E-state index contributed by atoms with van der Waals surface area (Å²) in [5.74, 6) is 0.830. The first kappa shape index (κ1) is 21.7. The highest BCUT2D eigenvalue weighted by Crippen LogP contribution is 2.20. The number of amides is 1. The van der Waals surface area contributed by atoms with E-state index >= 15 is 0 Å². The molecule has 0 unspecified atom stereocenters. The van der Waals surface area contributed by atoms with Gasteiger partial charge in [0.25, 0.3) is 5.91 Å². The number of nitrogens with zero attached hydrogens (tertiary/aromatic N) is 1. The van der Waals surface area contributed by atoms with Crippen molar-refractivity contribution in [2.24, 2.45) is 4.99 Å². The molecule has 1 aliphatic carbocycles. The van der Waals surface area contributed by atoms with Gasteiger partial charge in [0.2, 0.25) is 0 Å². The molecule has 1 aromatic rings. The summed E-state index contributed by atoms with van der Waals surface area (Å²) in [6.07, 6.45) is 8.71. The van der Waals surface area contributed by atoms with E-state index in [1.807, 2.05) is 17.5 Å². The van der Waals surface area contributed by atoms with E-state index in [1.54, 1.807) is 0 Å². The number of aliphatic imine (C=N–C) groups is 1. The quantitative estimate of drug-likeness (QED) is 0.306. The molecule has 1 aromatic heterocycles. The van der Waals surface area contributed by atoms with Crippen LogP contribution in [-0.2, 0) is 4.74 Å². The molecular formula is C20H34N4O2S. The van der Waals surface area contributed by atoms with Gasteiger partial charge >= 0.3 is 0 Å². The zero-order valence-corrected chi connectivity index (χ0v) is 17.3. The van der Waals surface area contributed by atoms with E-state index in [9.17, 15) is 4.79 Å². The summed E-state index contributed by atoms with van der Waals surface area (Å²) < 4.78 is 5.95. The fourth-order valence-electron chi connectivity index (χ4n) is 3.07. The molecule has 7 heteroatoms. The molecule has 0 aliphatic heterocycles. The van der Waals surface area contributed by atoms with Gasteiger partial charge in [0.15, 0.2) is 5.96 Å². The maximum Gasteiger partial charge on any atom is 0.261 e. The number of carbonyl (C=O) groups is 1. The molecule has 152 valence electrons. The Labute approximate surface area is 167 Å². The average molecular weight is 395 g/mol.